The highest BCUT2D eigenvalue weighted by Crippen LogP contribution is 2.48. The van der Waals surface area contributed by atoms with E-state index in [2.05, 4.69) is 34.0 Å². The average molecular weight is 271 g/mol. The van der Waals surface area contributed by atoms with Crippen molar-refractivity contribution in [3.8, 4) is 0 Å². The molecule has 1 heterocycles. The monoisotopic (exact) mass is 271 g/mol. The quantitative estimate of drug-likeness (QED) is 0.896. The fraction of sp³-hybridized carbons (Fsp3) is 0.400. The van der Waals surface area contributed by atoms with Gasteiger partial charge >= 0.3 is 0 Å². The lowest BCUT2D eigenvalue weighted by Gasteiger charge is -2.30. The van der Waals surface area contributed by atoms with Gasteiger partial charge in [0.2, 0.25) is 0 Å². The van der Waals surface area contributed by atoms with E-state index >= 15 is 0 Å². The van der Waals surface area contributed by atoms with Gasteiger partial charge < -0.3 is 11.1 Å². The number of aromatic nitrogens is 1. The summed E-state index contributed by atoms with van der Waals surface area (Å²) >= 11 is 1.52. The number of anilines is 2. The van der Waals surface area contributed by atoms with E-state index in [-0.39, 0.29) is 0 Å². The average Bonchev–Trinajstić information content (AvgIpc) is 3.15. The molecule has 4 rings (SSSR count). The van der Waals surface area contributed by atoms with Crippen molar-refractivity contribution in [2.24, 2.45) is 0 Å². The minimum absolute atomic E-state index is 0.645. The minimum atomic E-state index is 0.645. The minimum Gasteiger partial charge on any atom is -0.383 e. The Morgan fingerprint density at radius 3 is 2.95 bits per heavy atom. The molecule has 98 valence electrons. The number of hydrogen-bond acceptors (Lipinski definition) is 4. The second kappa shape index (κ2) is 4.23. The standard InChI is InChI=1S/C15H17N3S/c16-14-13(9-5-6-9)15(19-18-14)17-8-11-7-10-3-1-2-4-12(10)11/h1-4,9,11,17H,5-8H2,(H2,16,18). The third-order valence-corrected chi connectivity index (χ3v) is 5.05. The molecule has 1 aromatic carbocycles. The molecule has 1 aromatic heterocycles. The lowest BCUT2D eigenvalue weighted by atomic mass is 9.77. The molecule has 19 heavy (non-hydrogen) atoms. The second-order valence-corrected chi connectivity index (χ2v) is 6.34. The van der Waals surface area contributed by atoms with Gasteiger partial charge in [0, 0.05) is 18.0 Å². The van der Waals surface area contributed by atoms with E-state index in [1.54, 1.807) is 0 Å². The summed E-state index contributed by atoms with van der Waals surface area (Å²) in [5.74, 6) is 2.05. The molecule has 1 unspecified atom stereocenters. The van der Waals surface area contributed by atoms with E-state index in [9.17, 15) is 0 Å². The van der Waals surface area contributed by atoms with Gasteiger partial charge in [-0.25, -0.2) is 0 Å². The lowest BCUT2D eigenvalue weighted by Crippen LogP contribution is -2.24. The summed E-state index contributed by atoms with van der Waals surface area (Å²) in [6, 6.07) is 8.73. The predicted molar refractivity (Wildman–Crippen MR) is 79.9 cm³/mol. The molecule has 0 aliphatic heterocycles. The maximum absolute atomic E-state index is 5.97. The van der Waals surface area contributed by atoms with Crippen LogP contribution in [0.15, 0.2) is 24.3 Å². The number of fused-ring (bicyclic) bond motifs is 1. The van der Waals surface area contributed by atoms with Crippen molar-refractivity contribution in [1.29, 1.82) is 0 Å². The van der Waals surface area contributed by atoms with Crippen molar-refractivity contribution < 1.29 is 0 Å². The Morgan fingerprint density at radius 2 is 2.16 bits per heavy atom. The highest BCUT2D eigenvalue weighted by molar-refractivity contribution is 7.10. The lowest BCUT2D eigenvalue weighted by molar-refractivity contribution is 0.636. The smallest absolute Gasteiger partial charge is 0.142 e. The van der Waals surface area contributed by atoms with Crippen LogP contribution in [0.5, 0.6) is 0 Å². The predicted octanol–water partition coefficient (Wildman–Crippen LogP) is 3.35. The molecule has 0 saturated heterocycles. The van der Waals surface area contributed by atoms with Crippen LogP contribution in [0.3, 0.4) is 0 Å². The van der Waals surface area contributed by atoms with Gasteiger partial charge in [-0.15, -0.1) is 0 Å². The fourth-order valence-electron chi connectivity index (χ4n) is 2.96. The van der Waals surface area contributed by atoms with Gasteiger partial charge in [0.25, 0.3) is 0 Å². The molecule has 1 fully saturated rings. The van der Waals surface area contributed by atoms with Gasteiger partial charge in [-0.05, 0) is 47.8 Å². The van der Waals surface area contributed by atoms with Crippen molar-refractivity contribution in [3.05, 3.63) is 41.0 Å². The normalized spacial score (nSPS) is 20.7. The molecular weight excluding hydrogens is 254 g/mol. The van der Waals surface area contributed by atoms with Crippen LogP contribution < -0.4 is 11.1 Å². The number of benzene rings is 1. The molecule has 2 aliphatic rings. The molecule has 2 aliphatic carbocycles. The van der Waals surface area contributed by atoms with Crippen molar-refractivity contribution in [3.63, 3.8) is 0 Å². The Labute approximate surface area is 117 Å². The first kappa shape index (κ1) is 11.3. The third kappa shape index (κ3) is 1.91. The van der Waals surface area contributed by atoms with E-state index < -0.39 is 0 Å². The van der Waals surface area contributed by atoms with Crippen LogP contribution in [0, 0.1) is 0 Å². The highest BCUT2D eigenvalue weighted by Gasteiger charge is 2.31. The molecule has 1 saturated carbocycles. The van der Waals surface area contributed by atoms with E-state index in [1.807, 2.05) is 0 Å². The summed E-state index contributed by atoms with van der Waals surface area (Å²) in [6.45, 7) is 0.998. The first-order valence-electron chi connectivity index (χ1n) is 6.89. The maximum Gasteiger partial charge on any atom is 0.142 e. The van der Waals surface area contributed by atoms with Crippen LogP contribution in [0.2, 0.25) is 0 Å². The number of nitrogen functional groups attached to an aromatic ring is 1. The summed E-state index contributed by atoms with van der Waals surface area (Å²) in [6.07, 6.45) is 3.73. The summed E-state index contributed by atoms with van der Waals surface area (Å²) in [5, 5.41) is 4.77. The first-order chi connectivity index (χ1) is 9.33. The van der Waals surface area contributed by atoms with E-state index in [4.69, 9.17) is 5.73 Å². The fourth-order valence-corrected chi connectivity index (χ4v) is 3.77. The van der Waals surface area contributed by atoms with Gasteiger partial charge in [0.05, 0.1) is 0 Å². The van der Waals surface area contributed by atoms with Crippen molar-refractivity contribution in [2.45, 2.75) is 31.1 Å². The second-order valence-electron chi connectivity index (χ2n) is 5.57. The van der Waals surface area contributed by atoms with Crippen molar-refractivity contribution in [2.75, 3.05) is 17.6 Å². The van der Waals surface area contributed by atoms with Crippen LogP contribution >= 0.6 is 11.5 Å². The molecule has 0 bridgehead atoms. The number of nitrogens with one attached hydrogen (secondary N) is 1. The van der Waals surface area contributed by atoms with Crippen molar-refractivity contribution >= 4 is 22.4 Å². The Bertz CT molecular complexity index is 616. The van der Waals surface area contributed by atoms with E-state index in [0.29, 0.717) is 11.8 Å². The van der Waals surface area contributed by atoms with Gasteiger partial charge in [-0.2, -0.15) is 4.37 Å². The number of hydrogen-bond donors (Lipinski definition) is 2. The first-order valence-corrected chi connectivity index (χ1v) is 7.67. The zero-order valence-electron chi connectivity index (χ0n) is 10.7. The number of rotatable bonds is 4. The summed E-state index contributed by atoms with van der Waals surface area (Å²) < 4.78 is 4.30. The van der Waals surface area contributed by atoms with Gasteiger partial charge in [0.15, 0.2) is 0 Å². The van der Waals surface area contributed by atoms with Crippen LogP contribution in [0.1, 0.15) is 41.4 Å². The Morgan fingerprint density at radius 1 is 1.32 bits per heavy atom. The summed E-state index contributed by atoms with van der Waals surface area (Å²) in [4.78, 5) is 0. The molecule has 1 atom stereocenters. The summed E-state index contributed by atoms with van der Waals surface area (Å²) in [5.41, 5.74) is 10.2. The molecule has 3 nitrogen and oxygen atoms in total. The van der Waals surface area contributed by atoms with Crippen LogP contribution in [-0.2, 0) is 6.42 Å². The number of nitrogens with zero attached hydrogens (tertiary/aromatic N) is 1. The molecule has 0 amide bonds. The zero-order chi connectivity index (χ0) is 12.8. The maximum atomic E-state index is 5.97. The largest absolute Gasteiger partial charge is 0.383 e. The molecule has 3 N–H and O–H groups in total. The van der Waals surface area contributed by atoms with E-state index in [1.165, 1.54) is 52.5 Å². The van der Waals surface area contributed by atoms with Gasteiger partial charge in [0.1, 0.15) is 10.8 Å². The Balaban J connectivity index is 1.46. The summed E-state index contributed by atoms with van der Waals surface area (Å²) in [7, 11) is 0. The zero-order valence-corrected chi connectivity index (χ0v) is 11.5. The van der Waals surface area contributed by atoms with Crippen LogP contribution in [0.4, 0.5) is 10.8 Å². The molecule has 0 radical (unpaired) electrons. The van der Waals surface area contributed by atoms with Crippen LogP contribution in [0.25, 0.3) is 0 Å². The molecule has 4 heteroatoms. The third-order valence-electron chi connectivity index (χ3n) is 4.21. The Kier molecular flexibility index (Phi) is 2.52. The molecule has 0 spiro atoms. The number of nitrogens with two attached hydrogens (primary N) is 1. The SMILES string of the molecule is Nc1nsc(NCC2Cc3ccccc32)c1C1CC1. The van der Waals surface area contributed by atoms with Crippen molar-refractivity contribution in [1.82, 2.24) is 4.37 Å². The van der Waals surface area contributed by atoms with E-state index in [0.717, 1.165) is 12.4 Å². The molecule has 2 aromatic rings. The van der Waals surface area contributed by atoms with Gasteiger partial charge in [-0.1, -0.05) is 24.3 Å². The Hall–Kier alpha value is -1.55. The topological polar surface area (TPSA) is 50.9 Å². The highest BCUT2D eigenvalue weighted by atomic mass is 32.1. The van der Waals surface area contributed by atoms with Crippen LogP contribution in [-0.4, -0.2) is 10.9 Å². The molecular formula is C15H17N3S. The van der Waals surface area contributed by atoms with Gasteiger partial charge in [-0.3, -0.25) is 0 Å².